The van der Waals surface area contributed by atoms with Gasteiger partial charge in [-0.2, -0.15) is 0 Å². The summed E-state index contributed by atoms with van der Waals surface area (Å²) in [5, 5.41) is 6.79. The summed E-state index contributed by atoms with van der Waals surface area (Å²) in [5.41, 5.74) is 3.71. The second kappa shape index (κ2) is 9.19. The van der Waals surface area contributed by atoms with E-state index in [0.29, 0.717) is 36.0 Å². The van der Waals surface area contributed by atoms with Crippen LogP contribution in [0.25, 0.3) is 10.9 Å². The van der Waals surface area contributed by atoms with Crippen molar-refractivity contribution in [1.29, 1.82) is 0 Å². The van der Waals surface area contributed by atoms with Crippen LogP contribution in [0.2, 0.25) is 0 Å². The van der Waals surface area contributed by atoms with Gasteiger partial charge in [0.1, 0.15) is 12.4 Å². The smallest absolute Gasteiger partial charge is 0.333 e. The number of hydrogen-bond donors (Lipinski definition) is 3. The molecule has 2 heterocycles. The van der Waals surface area contributed by atoms with Crippen molar-refractivity contribution in [2.24, 2.45) is 0 Å². The number of anilines is 3. The molecule has 3 aromatic carbocycles. The number of H-pyrrole nitrogens is 1. The molecule has 2 amide bonds. The summed E-state index contributed by atoms with van der Waals surface area (Å²) in [6.07, 6.45) is 1.85. The number of carbonyl (C=O) groups is 2. The first-order valence-electron chi connectivity index (χ1n) is 10.9. The van der Waals surface area contributed by atoms with Crippen LogP contribution in [0.4, 0.5) is 21.9 Å². The van der Waals surface area contributed by atoms with Crippen LogP contribution in [0.1, 0.15) is 11.6 Å². The number of nitrogens with one attached hydrogen (secondary N) is 3. The lowest BCUT2D eigenvalue weighted by atomic mass is 10.0. The van der Waals surface area contributed by atoms with Crippen molar-refractivity contribution in [3.05, 3.63) is 84.6 Å². The summed E-state index contributed by atoms with van der Waals surface area (Å²) in [4.78, 5) is 30.5. The zero-order valence-corrected chi connectivity index (χ0v) is 18.6. The maximum absolute atomic E-state index is 12.8. The molecule has 1 aromatic heterocycles. The van der Waals surface area contributed by atoms with E-state index in [9.17, 15) is 9.59 Å². The Morgan fingerprint density at radius 1 is 1.00 bits per heavy atom. The monoisotopic (exact) mass is 456 g/mol. The molecular weight excluding hydrogens is 432 g/mol. The summed E-state index contributed by atoms with van der Waals surface area (Å²) in [7, 11) is 1.38. The molecule has 3 N–H and O–H groups in total. The third-order valence-electron chi connectivity index (χ3n) is 5.78. The third-order valence-corrected chi connectivity index (χ3v) is 5.78. The van der Waals surface area contributed by atoms with Crippen molar-refractivity contribution < 1.29 is 19.1 Å². The van der Waals surface area contributed by atoms with Crippen molar-refractivity contribution >= 4 is 40.0 Å². The molecule has 0 radical (unpaired) electrons. The Morgan fingerprint density at radius 3 is 2.56 bits per heavy atom. The fraction of sp³-hybridized carbons (Fsp3) is 0.154. The summed E-state index contributed by atoms with van der Waals surface area (Å²) in [6, 6.07) is 21.5. The van der Waals surface area contributed by atoms with Gasteiger partial charge in [0.25, 0.3) is 0 Å². The van der Waals surface area contributed by atoms with Gasteiger partial charge in [-0.3, -0.25) is 0 Å². The number of methoxy groups -OCH3 is 1. The molecule has 1 aliphatic heterocycles. The maximum Gasteiger partial charge on any atom is 0.333 e. The molecule has 0 spiro atoms. The number of carbonyl (C=O) groups excluding carboxylic acids is 2. The van der Waals surface area contributed by atoms with Gasteiger partial charge >= 0.3 is 12.0 Å². The number of aromatic nitrogens is 1. The predicted octanol–water partition coefficient (Wildman–Crippen LogP) is 4.93. The van der Waals surface area contributed by atoms with Crippen molar-refractivity contribution in [3.63, 3.8) is 0 Å². The second-order valence-electron chi connectivity index (χ2n) is 7.92. The molecule has 4 aromatic rings. The fourth-order valence-corrected chi connectivity index (χ4v) is 4.19. The quantitative estimate of drug-likeness (QED) is 0.370. The van der Waals surface area contributed by atoms with E-state index < -0.39 is 6.04 Å². The van der Waals surface area contributed by atoms with Crippen LogP contribution >= 0.6 is 0 Å². The zero-order valence-electron chi connectivity index (χ0n) is 18.6. The summed E-state index contributed by atoms with van der Waals surface area (Å²) in [5.74, 6) is 0.272. The van der Waals surface area contributed by atoms with E-state index in [2.05, 4.69) is 15.6 Å². The van der Waals surface area contributed by atoms with Crippen LogP contribution in [0.5, 0.6) is 5.75 Å². The average Bonchev–Trinajstić information content (AvgIpc) is 3.33. The van der Waals surface area contributed by atoms with Crippen LogP contribution in [-0.2, 0) is 9.53 Å². The molecule has 5 rings (SSSR count). The van der Waals surface area contributed by atoms with E-state index in [1.807, 2.05) is 65.7 Å². The van der Waals surface area contributed by atoms with E-state index in [1.54, 1.807) is 18.2 Å². The van der Waals surface area contributed by atoms with Crippen LogP contribution in [-0.4, -0.2) is 37.2 Å². The fourth-order valence-electron chi connectivity index (χ4n) is 4.19. The lowest BCUT2D eigenvalue weighted by Gasteiger charge is -2.36. The minimum absolute atomic E-state index is 0.366. The van der Waals surface area contributed by atoms with Crippen molar-refractivity contribution in [3.8, 4) is 5.75 Å². The van der Waals surface area contributed by atoms with Gasteiger partial charge in [-0.15, -0.1) is 0 Å². The van der Waals surface area contributed by atoms with Gasteiger partial charge in [0, 0.05) is 23.1 Å². The number of urea groups is 1. The summed E-state index contributed by atoms with van der Waals surface area (Å²) in [6.45, 7) is 0.926. The van der Waals surface area contributed by atoms with Crippen LogP contribution < -0.4 is 20.3 Å². The highest BCUT2D eigenvalue weighted by Crippen LogP contribution is 2.39. The number of rotatable bonds is 5. The standard InChI is InChI=1S/C26H24N4O4/c1-33-25(31)24(18-5-3-2-4-6-18)30-13-14-34-23-10-9-20(16-22(23)30)29-26(32)28-19-8-7-17-11-12-27-21(17)15-19/h2-12,15-16,24,27H,13-14H2,1H3,(H2,28,29,32). The lowest BCUT2D eigenvalue weighted by Crippen LogP contribution is -2.40. The number of aromatic amines is 1. The van der Waals surface area contributed by atoms with E-state index in [-0.39, 0.29) is 12.0 Å². The average molecular weight is 457 g/mol. The molecule has 0 aliphatic carbocycles. The zero-order chi connectivity index (χ0) is 23.5. The molecule has 1 atom stereocenters. The molecule has 1 aliphatic rings. The minimum atomic E-state index is -0.634. The van der Waals surface area contributed by atoms with Gasteiger partial charge in [0.05, 0.1) is 19.3 Å². The Morgan fingerprint density at radius 2 is 1.76 bits per heavy atom. The number of ether oxygens (including phenoxy) is 2. The van der Waals surface area contributed by atoms with Crippen LogP contribution in [0.15, 0.2) is 79.0 Å². The third kappa shape index (κ3) is 4.25. The Labute approximate surface area is 196 Å². The first kappa shape index (κ1) is 21.4. The van der Waals surface area contributed by atoms with Crippen molar-refractivity contribution in [1.82, 2.24) is 4.98 Å². The SMILES string of the molecule is COC(=O)C(c1ccccc1)N1CCOc2ccc(NC(=O)Nc3ccc4cc[nH]c4c3)cc21. The van der Waals surface area contributed by atoms with Crippen molar-refractivity contribution in [2.75, 3.05) is 35.8 Å². The number of esters is 1. The topological polar surface area (TPSA) is 95.7 Å². The van der Waals surface area contributed by atoms with Gasteiger partial charge in [-0.1, -0.05) is 36.4 Å². The second-order valence-corrected chi connectivity index (χ2v) is 7.92. The molecule has 172 valence electrons. The van der Waals surface area contributed by atoms with E-state index in [1.165, 1.54) is 7.11 Å². The highest BCUT2D eigenvalue weighted by molar-refractivity contribution is 6.01. The van der Waals surface area contributed by atoms with E-state index in [0.717, 1.165) is 16.5 Å². The number of amides is 2. The molecule has 8 nitrogen and oxygen atoms in total. The van der Waals surface area contributed by atoms with Crippen LogP contribution in [0.3, 0.4) is 0 Å². The number of fused-ring (bicyclic) bond motifs is 2. The molecule has 0 saturated carbocycles. The minimum Gasteiger partial charge on any atom is -0.490 e. The Bertz CT molecular complexity index is 1340. The molecule has 1 unspecified atom stereocenters. The first-order chi connectivity index (χ1) is 16.6. The largest absolute Gasteiger partial charge is 0.490 e. The Kier molecular flexibility index (Phi) is 5.78. The van der Waals surface area contributed by atoms with Gasteiger partial charge in [0.2, 0.25) is 0 Å². The van der Waals surface area contributed by atoms with Crippen LogP contribution in [0, 0.1) is 0 Å². The number of nitrogens with zero attached hydrogens (tertiary/aromatic N) is 1. The normalized spacial score (nSPS) is 13.5. The summed E-state index contributed by atoms with van der Waals surface area (Å²) < 4.78 is 10.9. The molecule has 0 fully saturated rings. The number of hydrogen-bond acceptors (Lipinski definition) is 5. The van der Waals surface area contributed by atoms with Gasteiger partial charge in [0.15, 0.2) is 6.04 Å². The van der Waals surface area contributed by atoms with Crippen molar-refractivity contribution in [2.45, 2.75) is 6.04 Å². The predicted molar refractivity (Wildman–Crippen MR) is 131 cm³/mol. The van der Waals surface area contributed by atoms with E-state index in [4.69, 9.17) is 9.47 Å². The lowest BCUT2D eigenvalue weighted by molar-refractivity contribution is -0.142. The highest BCUT2D eigenvalue weighted by atomic mass is 16.5. The Balaban J connectivity index is 1.39. The molecular formula is C26H24N4O4. The van der Waals surface area contributed by atoms with Gasteiger partial charge in [-0.05, 0) is 47.3 Å². The first-order valence-corrected chi connectivity index (χ1v) is 10.9. The highest BCUT2D eigenvalue weighted by Gasteiger charge is 2.32. The number of benzene rings is 3. The molecule has 34 heavy (non-hydrogen) atoms. The maximum atomic E-state index is 12.8. The summed E-state index contributed by atoms with van der Waals surface area (Å²) >= 11 is 0. The molecule has 8 heteroatoms. The molecule has 0 saturated heterocycles. The van der Waals surface area contributed by atoms with E-state index >= 15 is 0 Å². The molecule has 0 bridgehead atoms. The van der Waals surface area contributed by atoms with Gasteiger partial charge < -0.3 is 30.0 Å². The van der Waals surface area contributed by atoms with Gasteiger partial charge in [-0.25, -0.2) is 9.59 Å². The Hall–Kier alpha value is -4.46.